The monoisotopic (exact) mass is 428 g/mol. The van der Waals surface area contributed by atoms with Crippen LogP contribution >= 0.6 is 15.9 Å². The summed E-state index contributed by atoms with van der Waals surface area (Å²) in [6.45, 7) is 4.22. The van der Waals surface area contributed by atoms with E-state index >= 15 is 0 Å². The second-order valence-electron chi connectivity index (χ2n) is 7.84. The van der Waals surface area contributed by atoms with Gasteiger partial charge < -0.3 is 4.98 Å². The molecule has 0 bridgehead atoms. The molecule has 2 atom stereocenters. The number of halogens is 1. The van der Waals surface area contributed by atoms with Gasteiger partial charge in [-0.1, -0.05) is 41.9 Å². The maximum Gasteiger partial charge on any atom is 0.151 e. The lowest BCUT2D eigenvalue weighted by Crippen LogP contribution is -2.41. The van der Waals surface area contributed by atoms with E-state index < -0.39 is 5.41 Å². The molecule has 27 heavy (non-hydrogen) atoms. The number of H-pyrrole nitrogens is 1. The molecule has 3 rings (SSSR count). The summed E-state index contributed by atoms with van der Waals surface area (Å²) in [7, 11) is 0. The van der Waals surface area contributed by atoms with Gasteiger partial charge in [0.15, 0.2) is 5.78 Å². The van der Waals surface area contributed by atoms with E-state index in [2.05, 4.69) is 51.1 Å². The highest BCUT2D eigenvalue weighted by Gasteiger charge is 2.46. The van der Waals surface area contributed by atoms with Crippen LogP contribution in [0.5, 0.6) is 0 Å². The Morgan fingerprint density at radius 1 is 1.37 bits per heavy atom. The molecule has 6 heteroatoms. The van der Waals surface area contributed by atoms with Crippen molar-refractivity contribution in [1.29, 1.82) is 5.26 Å². The summed E-state index contributed by atoms with van der Waals surface area (Å²) >= 11 is 3.47. The summed E-state index contributed by atoms with van der Waals surface area (Å²) in [5.74, 6) is 1.27. The lowest BCUT2D eigenvalue weighted by atomic mass is 9.91. The predicted molar refractivity (Wildman–Crippen MR) is 108 cm³/mol. The quantitative estimate of drug-likeness (QED) is 0.614. The Kier molecular flexibility index (Phi) is 6.13. The molecule has 1 aromatic heterocycles. The number of nitrogens with zero attached hydrogens (tertiary/aromatic N) is 2. The molecule has 1 fully saturated rings. The Labute approximate surface area is 168 Å². The van der Waals surface area contributed by atoms with E-state index in [1.54, 1.807) is 12.4 Å². The van der Waals surface area contributed by atoms with Crippen LogP contribution in [0.4, 0.5) is 0 Å². The summed E-state index contributed by atoms with van der Waals surface area (Å²) in [6.07, 6.45) is 6.23. The third-order valence-electron chi connectivity index (χ3n) is 5.06. The first-order valence-corrected chi connectivity index (χ1v) is 10.2. The van der Waals surface area contributed by atoms with Crippen molar-refractivity contribution in [2.45, 2.75) is 51.6 Å². The summed E-state index contributed by atoms with van der Waals surface area (Å²) in [6, 6.07) is 9.84. The fraction of sp³-hybridized carbons (Fsp3) is 0.476. The molecule has 1 aliphatic carbocycles. The number of carbonyl (C=O) groups is 1. The van der Waals surface area contributed by atoms with Gasteiger partial charge in [0.05, 0.1) is 23.6 Å². The minimum Gasteiger partial charge on any atom is -0.347 e. The molecule has 0 saturated heterocycles. The van der Waals surface area contributed by atoms with Crippen molar-refractivity contribution >= 4 is 21.7 Å². The first kappa shape index (κ1) is 19.8. The standard InChI is InChI=1S/C21H25BrN4O/c1-14(2)11-17(18(27)12-21(13-23)7-8-21)26-19(20-24-9-10-25-20)15-3-5-16(22)6-4-15/h3-6,9-10,14,17,19,26H,7-8,11-12H2,1-2H3,(H,24,25)/t17-,19?/m0/s1. The topological polar surface area (TPSA) is 81.6 Å². The van der Waals surface area contributed by atoms with Gasteiger partial charge in [-0.3, -0.25) is 10.1 Å². The number of hydrogen-bond donors (Lipinski definition) is 2. The summed E-state index contributed by atoms with van der Waals surface area (Å²) in [5.41, 5.74) is 0.613. The van der Waals surface area contributed by atoms with E-state index in [1.807, 2.05) is 24.3 Å². The van der Waals surface area contributed by atoms with Gasteiger partial charge in [-0.05, 0) is 42.9 Å². The maximum absolute atomic E-state index is 13.0. The number of ketones is 1. The molecule has 0 aliphatic heterocycles. The minimum absolute atomic E-state index is 0.122. The Bertz CT molecular complexity index is 804. The number of aromatic amines is 1. The lowest BCUT2D eigenvalue weighted by molar-refractivity contribution is -0.122. The van der Waals surface area contributed by atoms with Crippen molar-refractivity contribution in [2.75, 3.05) is 0 Å². The number of Topliss-reactive ketones (excluding diaryl/α,β-unsaturated/α-hetero) is 1. The van der Waals surface area contributed by atoms with Gasteiger partial charge in [0.25, 0.3) is 0 Å². The van der Waals surface area contributed by atoms with Gasteiger partial charge in [-0.15, -0.1) is 0 Å². The second kappa shape index (κ2) is 8.37. The lowest BCUT2D eigenvalue weighted by Gasteiger charge is -2.26. The number of hydrogen-bond acceptors (Lipinski definition) is 4. The number of rotatable bonds is 9. The molecule has 5 nitrogen and oxygen atoms in total. The Hall–Kier alpha value is -1.97. The number of benzene rings is 1. The molecular formula is C21H25BrN4O. The fourth-order valence-electron chi connectivity index (χ4n) is 3.32. The van der Waals surface area contributed by atoms with Gasteiger partial charge in [0.2, 0.25) is 0 Å². The van der Waals surface area contributed by atoms with Gasteiger partial charge in [0, 0.05) is 23.3 Å². The van der Waals surface area contributed by atoms with Crippen molar-refractivity contribution in [3.8, 4) is 6.07 Å². The molecule has 0 spiro atoms. The van der Waals surface area contributed by atoms with Crippen molar-refractivity contribution in [1.82, 2.24) is 15.3 Å². The fourth-order valence-corrected chi connectivity index (χ4v) is 3.59. The van der Waals surface area contributed by atoms with Crippen LogP contribution in [0.15, 0.2) is 41.1 Å². The highest BCUT2D eigenvalue weighted by molar-refractivity contribution is 9.10. The van der Waals surface area contributed by atoms with E-state index in [0.717, 1.165) is 35.1 Å². The molecule has 1 saturated carbocycles. The molecule has 1 heterocycles. The van der Waals surface area contributed by atoms with Gasteiger partial charge in [-0.2, -0.15) is 5.26 Å². The van der Waals surface area contributed by atoms with E-state index in [4.69, 9.17) is 0 Å². The second-order valence-corrected chi connectivity index (χ2v) is 8.76. The van der Waals surface area contributed by atoms with Crippen LogP contribution in [0.2, 0.25) is 0 Å². The van der Waals surface area contributed by atoms with Crippen molar-refractivity contribution in [3.63, 3.8) is 0 Å². The first-order chi connectivity index (χ1) is 12.9. The van der Waals surface area contributed by atoms with Gasteiger partial charge in [-0.25, -0.2) is 4.98 Å². The average molecular weight is 429 g/mol. The zero-order chi connectivity index (χ0) is 19.4. The SMILES string of the molecule is CC(C)C[C@H](NC(c1ccc(Br)cc1)c1ncc[nH]1)C(=O)CC1(C#N)CC1. The van der Waals surface area contributed by atoms with Crippen LogP contribution in [0.3, 0.4) is 0 Å². The normalized spacial score (nSPS) is 17.3. The average Bonchev–Trinajstić information content (AvgIpc) is 3.20. The first-order valence-electron chi connectivity index (χ1n) is 9.37. The van der Waals surface area contributed by atoms with Crippen molar-refractivity contribution in [3.05, 3.63) is 52.5 Å². The van der Waals surface area contributed by atoms with Crippen molar-refractivity contribution < 1.29 is 4.79 Å². The molecule has 1 aliphatic rings. The molecule has 0 radical (unpaired) electrons. The highest BCUT2D eigenvalue weighted by Crippen LogP contribution is 2.48. The van der Waals surface area contributed by atoms with E-state index in [-0.39, 0.29) is 17.9 Å². The Balaban J connectivity index is 1.84. The minimum atomic E-state index is -0.425. The largest absolute Gasteiger partial charge is 0.347 e. The van der Waals surface area contributed by atoms with E-state index in [1.165, 1.54) is 0 Å². The number of nitriles is 1. The predicted octanol–water partition coefficient (Wildman–Crippen LogP) is 4.53. The molecule has 2 aromatic rings. The van der Waals surface area contributed by atoms with Crippen LogP contribution in [-0.4, -0.2) is 21.8 Å². The molecule has 1 unspecified atom stereocenters. The molecular weight excluding hydrogens is 404 g/mol. The van der Waals surface area contributed by atoms with Crippen LogP contribution in [0.1, 0.15) is 57.0 Å². The third-order valence-corrected chi connectivity index (χ3v) is 5.59. The molecule has 0 amide bonds. The Morgan fingerprint density at radius 2 is 2.07 bits per heavy atom. The highest BCUT2D eigenvalue weighted by atomic mass is 79.9. The van der Waals surface area contributed by atoms with E-state index in [9.17, 15) is 10.1 Å². The smallest absolute Gasteiger partial charge is 0.151 e. The van der Waals surface area contributed by atoms with E-state index in [0.29, 0.717) is 12.3 Å². The van der Waals surface area contributed by atoms with Crippen molar-refractivity contribution in [2.24, 2.45) is 11.3 Å². The molecule has 1 aromatic carbocycles. The number of nitrogens with one attached hydrogen (secondary N) is 2. The molecule has 142 valence electrons. The summed E-state index contributed by atoms with van der Waals surface area (Å²) in [5, 5.41) is 12.9. The number of imidazole rings is 1. The van der Waals surface area contributed by atoms with Crippen LogP contribution in [0.25, 0.3) is 0 Å². The van der Waals surface area contributed by atoms with Crippen LogP contribution < -0.4 is 5.32 Å². The van der Waals surface area contributed by atoms with Crippen LogP contribution in [0, 0.1) is 22.7 Å². The Morgan fingerprint density at radius 3 is 2.59 bits per heavy atom. The van der Waals surface area contributed by atoms with Crippen LogP contribution in [-0.2, 0) is 4.79 Å². The maximum atomic E-state index is 13.0. The van der Waals surface area contributed by atoms with Gasteiger partial charge >= 0.3 is 0 Å². The van der Waals surface area contributed by atoms with Gasteiger partial charge in [0.1, 0.15) is 5.82 Å². The zero-order valence-corrected chi connectivity index (χ0v) is 17.3. The number of carbonyl (C=O) groups excluding carboxylic acids is 1. The third kappa shape index (κ3) is 5.06. The number of aromatic nitrogens is 2. The molecule has 2 N–H and O–H groups in total. The zero-order valence-electron chi connectivity index (χ0n) is 15.7. The summed E-state index contributed by atoms with van der Waals surface area (Å²) in [4.78, 5) is 20.6. The summed E-state index contributed by atoms with van der Waals surface area (Å²) < 4.78 is 1.00.